The molecule has 2 aliphatic rings. The van der Waals surface area contributed by atoms with Crippen molar-refractivity contribution < 1.29 is 14.0 Å². The van der Waals surface area contributed by atoms with E-state index in [1.165, 1.54) is 12.5 Å². The molecule has 154 valence electrons. The van der Waals surface area contributed by atoms with Gasteiger partial charge in [-0.3, -0.25) is 14.5 Å². The molecule has 0 saturated carbocycles. The molecule has 0 aliphatic carbocycles. The molecule has 3 rings (SSSR count). The number of benzene rings is 1. The molecule has 1 aromatic carbocycles. The zero-order chi connectivity index (χ0) is 19.9. The largest absolute Gasteiger partial charge is 0.339 e. The summed E-state index contributed by atoms with van der Waals surface area (Å²) in [5, 5.41) is 2.62. The van der Waals surface area contributed by atoms with Gasteiger partial charge in [0, 0.05) is 51.7 Å². The van der Waals surface area contributed by atoms with E-state index in [9.17, 15) is 14.0 Å². The van der Waals surface area contributed by atoms with Gasteiger partial charge in [-0.2, -0.15) is 0 Å². The van der Waals surface area contributed by atoms with Crippen molar-refractivity contribution in [3.63, 3.8) is 0 Å². The van der Waals surface area contributed by atoms with Crippen LogP contribution in [-0.4, -0.2) is 78.4 Å². The van der Waals surface area contributed by atoms with Crippen LogP contribution in [0.3, 0.4) is 0 Å². The van der Waals surface area contributed by atoms with Gasteiger partial charge in [-0.25, -0.2) is 4.39 Å². The molecule has 6 nitrogen and oxygen atoms in total. The van der Waals surface area contributed by atoms with Gasteiger partial charge in [0.2, 0.25) is 11.8 Å². The molecule has 2 aliphatic heterocycles. The number of anilines is 1. The second kappa shape index (κ2) is 9.98. The number of halogens is 1. The van der Waals surface area contributed by atoms with Crippen molar-refractivity contribution >= 4 is 17.5 Å². The van der Waals surface area contributed by atoms with E-state index in [4.69, 9.17) is 0 Å². The van der Waals surface area contributed by atoms with Crippen molar-refractivity contribution in [1.29, 1.82) is 0 Å². The summed E-state index contributed by atoms with van der Waals surface area (Å²) in [6.45, 7) is 7.52. The average Bonchev–Trinajstić information content (AvgIpc) is 2.69. The molecule has 0 bridgehead atoms. The minimum atomic E-state index is -0.419. The van der Waals surface area contributed by atoms with Gasteiger partial charge in [-0.15, -0.1) is 0 Å². The number of amides is 2. The van der Waals surface area contributed by atoms with Crippen molar-refractivity contribution in [3.8, 4) is 0 Å². The molecule has 0 spiro atoms. The molecule has 2 amide bonds. The molecule has 0 aromatic heterocycles. The van der Waals surface area contributed by atoms with Crippen molar-refractivity contribution in [2.24, 2.45) is 0 Å². The van der Waals surface area contributed by atoms with Gasteiger partial charge in [0.1, 0.15) is 5.82 Å². The highest BCUT2D eigenvalue weighted by molar-refractivity contribution is 5.90. The van der Waals surface area contributed by atoms with Crippen molar-refractivity contribution in [2.75, 3.05) is 51.1 Å². The maximum atomic E-state index is 13.6. The third-order valence-electron chi connectivity index (χ3n) is 5.75. The van der Waals surface area contributed by atoms with E-state index in [0.29, 0.717) is 25.6 Å². The van der Waals surface area contributed by atoms with Crippen molar-refractivity contribution in [3.05, 3.63) is 30.1 Å². The second-order valence-corrected chi connectivity index (χ2v) is 7.83. The standard InChI is InChI=1S/C21H31FN4O2/c1-17-6-4-5-10-26(17)21(28)16-25-14-12-24(13-15-25)11-9-20(27)23-19-8-3-2-7-18(19)22/h2-3,7-8,17H,4-6,9-16H2,1H3,(H,23,27)/t17-/m0/s1. The summed E-state index contributed by atoms with van der Waals surface area (Å²) in [5.74, 6) is -0.358. The normalized spacial score (nSPS) is 21.5. The third-order valence-corrected chi connectivity index (χ3v) is 5.75. The molecule has 28 heavy (non-hydrogen) atoms. The van der Waals surface area contributed by atoms with Crippen molar-refractivity contribution in [1.82, 2.24) is 14.7 Å². The molecule has 1 atom stereocenters. The lowest BCUT2D eigenvalue weighted by Crippen LogP contribution is -2.52. The second-order valence-electron chi connectivity index (χ2n) is 7.83. The number of carbonyl (C=O) groups excluding carboxylic acids is 2. The fraction of sp³-hybridized carbons (Fsp3) is 0.619. The topological polar surface area (TPSA) is 55.9 Å². The highest BCUT2D eigenvalue weighted by Crippen LogP contribution is 2.17. The number of piperidine rings is 1. The Labute approximate surface area is 166 Å². The SMILES string of the molecule is C[C@H]1CCCCN1C(=O)CN1CCN(CCC(=O)Nc2ccccc2F)CC1. The van der Waals surface area contributed by atoms with Crippen LogP contribution in [-0.2, 0) is 9.59 Å². The Balaban J connectivity index is 1.35. The number of carbonyl (C=O) groups is 2. The summed E-state index contributed by atoms with van der Waals surface area (Å²) in [6, 6.07) is 6.55. The molecule has 1 N–H and O–H groups in total. The molecule has 0 unspecified atom stereocenters. The van der Waals surface area contributed by atoms with Gasteiger partial charge in [0.15, 0.2) is 0 Å². The van der Waals surface area contributed by atoms with Crippen LogP contribution in [0, 0.1) is 5.82 Å². The third kappa shape index (κ3) is 5.75. The fourth-order valence-corrected chi connectivity index (χ4v) is 3.96. The highest BCUT2D eigenvalue weighted by atomic mass is 19.1. The smallest absolute Gasteiger partial charge is 0.236 e. The molecule has 1 aromatic rings. The number of piperazine rings is 1. The number of nitrogens with zero attached hydrogens (tertiary/aromatic N) is 3. The summed E-state index contributed by atoms with van der Waals surface area (Å²) in [5.41, 5.74) is 0.225. The van der Waals surface area contributed by atoms with Crippen LogP contribution in [0.25, 0.3) is 0 Å². The van der Waals surface area contributed by atoms with Crippen LogP contribution in [0.2, 0.25) is 0 Å². The number of likely N-dealkylation sites (tertiary alicyclic amines) is 1. The van der Waals surface area contributed by atoms with E-state index >= 15 is 0 Å². The van der Waals surface area contributed by atoms with Crippen LogP contribution in [0.15, 0.2) is 24.3 Å². The number of hydrogen-bond acceptors (Lipinski definition) is 4. The average molecular weight is 391 g/mol. The lowest BCUT2D eigenvalue weighted by molar-refractivity contribution is -0.136. The van der Waals surface area contributed by atoms with Crippen molar-refractivity contribution in [2.45, 2.75) is 38.6 Å². The van der Waals surface area contributed by atoms with E-state index < -0.39 is 5.82 Å². The monoisotopic (exact) mass is 390 g/mol. The lowest BCUT2D eigenvalue weighted by atomic mass is 10.0. The molecule has 2 heterocycles. The Kier molecular flexibility index (Phi) is 7.39. The molecule has 2 saturated heterocycles. The summed E-state index contributed by atoms with van der Waals surface area (Å²) in [7, 11) is 0. The van der Waals surface area contributed by atoms with Gasteiger partial charge < -0.3 is 15.1 Å². The first kappa shape index (κ1) is 20.7. The number of para-hydroxylation sites is 1. The van der Waals surface area contributed by atoms with Crippen LogP contribution >= 0.6 is 0 Å². The number of hydrogen-bond donors (Lipinski definition) is 1. The molecule has 2 fully saturated rings. The van der Waals surface area contributed by atoms with Crippen LogP contribution < -0.4 is 5.32 Å². The van der Waals surface area contributed by atoms with E-state index in [-0.39, 0.29) is 17.5 Å². The van der Waals surface area contributed by atoms with E-state index in [2.05, 4.69) is 22.0 Å². The Hall–Kier alpha value is -1.99. The Morgan fingerprint density at radius 1 is 1.07 bits per heavy atom. The quantitative estimate of drug-likeness (QED) is 0.809. The van der Waals surface area contributed by atoms with E-state index in [1.54, 1.807) is 18.2 Å². The number of nitrogens with one attached hydrogen (secondary N) is 1. The van der Waals surface area contributed by atoms with Crippen LogP contribution in [0.1, 0.15) is 32.6 Å². The maximum absolute atomic E-state index is 13.6. The first-order valence-electron chi connectivity index (χ1n) is 10.3. The fourth-order valence-electron chi connectivity index (χ4n) is 3.96. The Morgan fingerprint density at radius 2 is 1.79 bits per heavy atom. The maximum Gasteiger partial charge on any atom is 0.236 e. The van der Waals surface area contributed by atoms with E-state index in [0.717, 1.165) is 45.6 Å². The lowest BCUT2D eigenvalue weighted by Gasteiger charge is -2.38. The van der Waals surface area contributed by atoms with Crippen LogP contribution in [0.4, 0.5) is 10.1 Å². The van der Waals surface area contributed by atoms with Gasteiger partial charge >= 0.3 is 0 Å². The zero-order valence-corrected chi connectivity index (χ0v) is 16.7. The first-order valence-corrected chi connectivity index (χ1v) is 10.3. The predicted molar refractivity (Wildman–Crippen MR) is 108 cm³/mol. The summed E-state index contributed by atoms with van der Waals surface area (Å²) in [6.07, 6.45) is 3.76. The van der Waals surface area contributed by atoms with Gasteiger partial charge in [0.05, 0.1) is 12.2 Å². The molecular weight excluding hydrogens is 359 g/mol. The Morgan fingerprint density at radius 3 is 2.50 bits per heavy atom. The Bertz CT molecular complexity index is 676. The molecular formula is C21H31FN4O2. The van der Waals surface area contributed by atoms with Gasteiger partial charge in [-0.05, 0) is 38.3 Å². The molecule has 0 radical (unpaired) electrons. The minimum absolute atomic E-state index is 0.179. The molecule has 7 heteroatoms. The van der Waals surface area contributed by atoms with Gasteiger partial charge in [0.25, 0.3) is 0 Å². The minimum Gasteiger partial charge on any atom is -0.339 e. The summed E-state index contributed by atoms with van der Waals surface area (Å²) in [4.78, 5) is 31.1. The van der Waals surface area contributed by atoms with Crippen LogP contribution in [0.5, 0.6) is 0 Å². The van der Waals surface area contributed by atoms with E-state index in [1.807, 2.05) is 4.90 Å². The van der Waals surface area contributed by atoms with Gasteiger partial charge in [-0.1, -0.05) is 12.1 Å². The first-order chi connectivity index (χ1) is 13.5. The number of rotatable bonds is 6. The summed E-state index contributed by atoms with van der Waals surface area (Å²) < 4.78 is 13.6. The predicted octanol–water partition coefficient (Wildman–Crippen LogP) is 2.17. The zero-order valence-electron chi connectivity index (χ0n) is 16.7. The summed E-state index contributed by atoms with van der Waals surface area (Å²) >= 11 is 0. The highest BCUT2D eigenvalue weighted by Gasteiger charge is 2.26.